The van der Waals surface area contributed by atoms with E-state index in [0.717, 1.165) is 0 Å². The first-order chi connectivity index (χ1) is 4.91. The van der Waals surface area contributed by atoms with Crippen LogP contribution in [0.2, 0.25) is 0 Å². The van der Waals surface area contributed by atoms with Crippen molar-refractivity contribution >= 4 is 6.47 Å². The first-order valence-electron chi connectivity index (χ1n) is 2.94. The Morgan fingerprint density at radius 2 is 2.10 bits per heavy atom. The predicted molar refractivity (Wildman–Crippen MR) is 36.4 cm³/mol. The van der Waals surface area contributed by atoms with Crippen molar-refractivity contribution < 1.29 is 13.9 Å². The van der Waals surface area contributed by atoms with Crippen LogP contribution < -0.4 is 0 Å². The fraction of sp³-hybridized carbons (Fsp3) is 0.286. The fourth-order valence-electron chi connectivity index (χ4n) is 0.295. The Hall–Kier alpha value is -1.25. The van der Waals surface area contributed by atoms with Gasteiger partial charge in [0.1, 0.15) is 0 Å². The molecule has 1 aromatic rings. The molecule has 0 N–H and O–H groups in total. The minimum absolute atomic E-state index is 0.431. The number of furan rings is 1. The highest BCUT2D eigenvalue weighted by atomic mass is 16.5. The van der Waals surface area contributed by atoms with E-state index in [1.54, 1.807) is 19.5 Å². The molecule has 0 amide bonds. The van der Waals surface area contributed by atoms with E-state index in [2.05, 4.69) is 9.15 Å². The monoisotopic (exact) mass is 142 g/mol. The number of ether oxygens (including phenoxy) is 1. The van der Waals surface area contributed by atoms with Crippen LogP contribution in [0.1, 0.15) is 6.92 Å². The van der Waals surface area contributed by atoms with Crippen LogP contribution in [0.3, 0.4) is 0 Å². The van der Waals surface area contributed by atoms with Crippen LogP contribution in [0.15, 0.2) is 29.1 Å². The molecule has 3 heteroatoms. The Labute approximate surface area is 59.6 Å². The lowest BCUT2D eigenvalue weighted by atomic mass is 10.7. The van der Waals surface area contributed by atoms with E-state index in [4.69, 9.17) is 0 Å². The van der Waals surface area contributed by atoms with Gasteiger partial charge in [-0.1, -0.05) is 0 Å². The minimum atomic E-state index is 0.431. The second kappa shape index (κ2) is 7.75. The summed E-state index contributed by atoms with van der Waals surface area (Å²) in [6, 6.07) is 3.67. The quantitative estimate of drug-likeness (QED) is 0.587. The van der Waals surface area contributed by atoms with E-state index in [-0.39, 0.29) is 0 Å². The number of rotatable bonds is 2. The topological polar surface area (TPSA) is 39.4 Å². The van der Waals surface area contributed by atoms with Crippen LogP contribution in [0, 0.1) is 0 Å². The fourth-order valence-corrected chi connectivity index (χ4v) is 0.295. The summed E-state index contributed by atoms with van der Waals surface area (Å²) in [5.41, 5.74) is 0. The molecule has 0 unspecified atom stereocenters. The van der Waals surface area contributed by atoms with Crippen molar-refractivity contribution in [2.75, 3.05) is 6.61 Å². The van der Waals surface area contributed by atoms with Crippen LogP contribution in [0.5, 0.6) is 0 Å². The second-order valence-electron chi connectivity index (χ2n) is 1.34. The molecule has 56 valence electrons. The molecule has 10 heavy (non-hydrogen) atoms. The highest BCUT2D eigenvalue weighted by molar-refractivity contribution is 5.36. The third kappa shape index (κ3) is 6.75. The van der Waals surface area contributed by atoms with E-state index in [1.807, 2.05) is 12.1 Å². The first-order valence-corrected chi connectivity index (χ1v) is 2.94. The molecule has 1 rings (SSSR count). The summed E-state index contributed by atoms with van der Waals surface area (Å²) >= 11 is 0. The zero-order valence-electron chi connectivity index (χ0n) is 5.82. The molecule has 0 radical (unpaired) electrons. The summed E-state index contributed by atoms with van der Waals surface area (Å²) in [7, 11) is 0. The third-order valence-corrected chi connectivity index (χ3v) is 0.660. The second-order valence-corrected chi connectivity index (χ2v) is 1.34. The Balaban J connectivity index is 0.000000162. The normalized spacial score (nSPS) is 7.30. The van der Waals surface area contributed by atoms with Crippen molar-refractivity contribution in [1.29, 1.82) is 0 Å². The van der Waals surface area contributed by atoms with Crippen molar-refractivity contribution in [2.45, 2.75) is 6.92 Å². The zero-order chi connectivity index (χ0) is 7.66. The van der Waals surface area contributed by atoms with Crippen molar-refractivity contribution in [3.8, 4) is 0 Å². The number of hydrogen-bond donors (Lipinski definition) is 0. The summed E-state index contributed by atoms with van der Waals surface area (Å²) in [5, 5.41) is 0. The van der Waals surface area contributed by atoms with E-state index in [0.29, 0.717) is 13.1 Å². The van der Waals surface area contributed by atoms with E-state index in [1.165, 1.54) is 0 Å². The molecule has 0 aromatic carbocycles. The van der Waals surface area contributed by atoms with E-state index < -0.39 is 0 Å². The van der Waals surface area contributed by atoms with Crippen LogP contribution in [-0.4, -0.2) is 13.1 Å². The molecule has 0 saturated carbocycles. The molecule has 0 saturated heterocycles. The Kier molecular flexibility index (Phi) is 6.78. The minimum Gasteiger partial charge on any atom is -0.473 e. The molecule has 3 nitrogen and oxygen atoms in total. The molecule has 0 spiro atoms. The van der Waals surface area contributed by atoms with Gasteiger partial charge in [0.05, 0.1) is 19.1 Å². The van der Waals surface area contributed by atoms with Gasteiger partial charge in [0.2, 0.25) is 0 Å². The van der Waals surface area contributed by atoms with Crippen molar-refractivity contribution in [3.05, 3.63) is 24.7 Å². The average Bonchev–Trinajstić information content (AvgIpc) is 2.44. The Bertz CT molecular complexity index is 117. The van der Waals surface area contributed by atoms with Crippen LogP contribution >= 0.6 is 0 Å². The summed E-state index contributed by atoms with van der Waals surface area (Å²) < 4.78 is 8.74. The molecule has 0 aliphatic heterocycles. The lowest BCUT2D eigenvalue weighted by molar-refractivity contribution is -0.128. The molecule has 0 atom stereocenters. The molecular formula is C7H10O3. The zero-order valence-corrected chi connectivity index (χ0v) is 5.82. The van der Waals surface area contributed by atoms with Gasteiger partial charge in [-0.25, -0.2) is 0 Å². The van der Waals surface area contributed by atoms with Crippen molar-refractivity contribution in [2.24, 2.45) is 0 Å². The number of carbonyl (C=O) groups excluding carboxylic acids is 1. The van der Waals surface area contributed by atoms with Gasteiger partial charge in [-0.15, -0.1) is 0 Å². The van der Waals surface area contributed by atoms with E-state index >= 15 is 0 Å². The average molecular weight is 142 g/mol. The smallest absolute Gasteiger partial charge is 0.293 e. The van der Waals surface area contributed by atoms with Crippen LogP contribution in [-0.2, 0) is 9.53 Å². The number of carbonyl (C=O) groups is 1. The maximum Gasteiger partial charge on any atom is 0.293 e. The van der Waals surface area contributed by atoms with Gasteiger partial charge in [-0.05, 0) is 19.1 Å². The molecular weight excluding hydrogens is 132 g/mol. The lowest BCUT2D eigenvalue weighted by Gasteiger charge is -1.79. The van der Waals surface area contributed by atoms with Crippen molar-refractivity contribution in [3.63, 3.8) is 0 Å². The molecule has 0 aliphatic rings. The summed E-state index contributed by atoms with van der Waals surface area (Å²) in [6.45, 7) is 2.66. The van der Waals surface area contributed by atoms with Gasteiger partial charge < -0.3 is 9.15 Å². The lowest BCUT2D eigenvalue weighted by Crippen LogP contribution is -1.80. The van der Waals surface area contributed by atoms with Gasteiger partial charge >= 0.3 is 0 Å². The first kappa shape index (κ1) is 8.75. The van der Waals surface area contributed by atoms with Gasteiger partial charge in [-0.2, -0.15) is 0 Å². The highest BCUT2D eigenvalue weighted by Gasteiger charge is 1.61. The van der Waals surface area contributed by atoms with Gasteiger partial charge in [0.15, 0.2) is 0 Å². The third-order valence-electron chi connectivity index (χ3n) is 0.660. The largest absolute Gasteiger partial charge is 0.473 e. The maximum atomic E-state index is 9.18. The van der Waals surface area contributed by atoms with Crippen LogP contribution in [0.4, 0.5) is 0 Å². The van der Waals surface area contributed by atoms with Gasteiger partial charge in [-0.3, -0.25) is 4.79 Å². The van der Waals surface area contributed by atoms with Crippen LogP contribution in [0.25, 0.3) is 0 Å². The van der Waals surface area contributed by atoms with E-state index in [9.17, 15) is 4.79 Å². The molecule has 1 aromatic heterocycles. The number of hydrogen-bond acceptors (Lipinski definition) is 3. The Morgan fingerprint density at radius 3 is 2.20 bits per heavy atom. The summed E-state index contributed by atoms with van der Waals surface area (Å²) in [6.07, 6.45) is 3.25. The SMILES string of the molecule is CCOC=O.c1ccoc1. The Morgan fingerprint density at radius 1 is 1.50 bits per heavy atom. The maximum absolute atomic E-state index is 9.18. The molecule has 0 aliphatic carbocycles. The summed E-state index contributed by atoms with van der Waals surface area (Å²) in [4.78, 5) is 9.18. The van der Waals surface area contributed by atoms with Gasteiger partial charge in [0, 0.05) is 0 Å². The molecule has 1 heterocycles. The highest BCUT2D eigenvalue weighted by Crippen LogP contribution is 1.79. The standard InChI is InChI=1S/C4H4O.C3H6O2/c1-2-4-5-3-1;1-2-5-3-4/h1-4H;3H,2H2,1H3. The molecule has 0 bridgehead atoms. The predicted octanol–water partition coefficient (Wildman–Crippen LogP) is 1.46. The summed E-state index contributed by atoms with van der Waals surface area (Å²) in [5.74, 6) is 0. The molecule has 0 fully saturated rings. The van der Waals surface area contributed by atoms with Crippen molar-refractivity contribution in [1.82, 2.24) is 0 Å². The van der Waals surface area contributed by atoms with Gasteiger partial charge in [0.25, 0.3) is 6.47 Å².